The van der Waals surface area contributed by atoms with E-state index in [0.717, 1.165) is 0 Å². The Kier molecular flexibility index (Phi) is 2.68. The van der Waals surface area contributed by atoms with Gasteiger partial charge in [0.25, 0.3) is 0 Å². The van der Waals surface area contributed by atoms with Crippen LogP contribution in [0.2, 0.25) is 0 Å². The first-order chi connectivity index (χ1) is 7.36. The molecule has 2 aromatic rings. The number of fused-ring (bicyclic) bond motifs is 1. The van der Waals surface area contributed by atoms with Gasteiger partial charge in [0, 0.05) is 5.92 Å². The van der Waals surface area contributed by atoms with E-state index in [4.69, 9.17) is 0 Å². The third-order valence-corrected chi connectivity index (χ3v) is 2.69. The Morgan fingerprint density at radius 3 is 2.27 bits per heavy atom. The molecule has 0 heteroatoms. The fraction of sp³-hybridized carbons (Fsp3) is 0.0667. The van der Waals surface area contributed by atoms with Crippen LogP contribution in [-0.2, 0) is 0 Å². The van der Waals surface area contributed by atoms with Crippen molar-refractivity contribution in [3.8, 4) is 0 Å². The first kappa shape index (κ1) is 9.72. The maximum atomic E-state index is 3.84. The van der Waals surface area contributed by atoms with E-state index >= 15 is 0 Å². The zero-order chi connectivity index (χ0) is 10.7. The molecule has 2 aromatic carbocycles. The molecule has 0 heterocycles. The smallest absolute Gasteiger partial charge is 0.0199 e. The molecule has 0 aromatic heterocycles. The normalized spacial score (nSPS) is 10.5. The lowest BCUT2D eigenvalue weighted by Gasteiger charge is -2.10. The van der Waals surface area contributed by atoms with Crippen LogP contribution in [0.4, 0.5) is 0 Å². The summed E-state index contributed by atoms with van der Waals surface area (Å²) in [5, 5.41) is 2.55. The predicted octanol–water partition coefficient (Wildman–Crippen LogP) is 4.30. The first-order valence-corrected chi connectivity index (χ1v) is 5.09. The van der Waals surface area contributed by atoms with E-state index in [1.807, 2.05) is 12.2 Å². The second-order valence-electron chi connectivity index (χ2n) is 3.57. The highest BCUT2D eigenvalue weighted by molar-refractivity contribution is 5.86. The van der Waals surface area contributed by atoms with Gasteiger partial charge in [0.05, 0.1) is 0 Å². The topological polar surface area (TPSA) is 0 Å². The van der Waals surface area contributed by atoms with Crippen molar-refractivity contribution in [3.63, 3.8) is 0 Å². The Bertz CT molecular complexity index is 481. The number of allylic oxidation sites excluding steroid dienone is 2. The van der Waals surface area contributed by atoms with Crippen LogP contribution in [0.5, 0.6) is 0 Å². The van der Waals surface area contributed by atoms with Crippen molar-refractivity contribution in [3.05, 3.63) is 73.3 Å². The van der Waals surface area contributed by atoms with E-state index in [9.17, 15) is 0 Å². The number of hydrogen-bond donors (Lipinski definition) is 0. The minimum atomic E-state index is 0.232. The van der Waals surface area contributed by atoms with E-state index in [1.54, 1.807) is 0 Å². The number of rotatable bonds is 3. The highest BCUT2D eigenvalue weighted by atomic mass is 14.1. The second-order valence-corrected chi connectivity index (χ2v) is 3.57. The van der Waals surface area contributed by atoms with Crippen LogP contribution in [0.3, 0.4) is 0 Å². The number of benzene rings is 2. The molecular formula is C15H14. The Morgan fingerprint density at radius 2 is 1.53 bits per heavy atom. The standard InChI is InChI=1S/C15H14/c1-3-12(4-2)14-11-7-9-13-8-5-6-10-15(13)14/h3-12H,1-2H2. The summed E-state index contributed by atoms with van der Waals surface area (Å²) in [6, 6.07) is 14.7. The summed E-state index contributed by atoms with van der Waals surface area (Å²) in [4.78, 5) is 0. The lowest BCUT2D eigenvalue weighted by atomic mass is 9.94. The average molecular weight is 194 g/mol. The quantitative estimate of drug-likeness (QED) is 0.639. The summed E-state index contributed by atoms with van der Waals surface area (Å²) >= 11 is 0. The summed E-state index contributed by atoms with van der Waals surface area (Å²) < 4.78 is 0. The molecule has 74 valence electrons. The van der Waals surface area contributed by atoms with Gasteiger partial charge in [-0.25, -0.2) is 0 Å². The fourth-order valence-electron chi connectivity index (χ4n) is 1.89. The molecule has 15 heavy (non-hydrogen) atoms. The third kappa shape index (κ3) is 1.71. The minimum Gasteiger partial charge on any atom is -0.102 e. The van der Waals surface area contributed by atoms with E-state index in [-0.39, 0.29) is 5.92 Å². The summed E-state index contributed by atoms with van der Waals surface area (Å²) in [5.41, 5.74) is 1.28. The Morgan fingerprint density at radius 1 is 0.867 bits per heavy atom. The molecule has 0 atom stereocenters. The van der Waals surface area contributed by atoms with Gasteiger partial charge in [-0.15, -0.1) is 13.2 Å². The van der Waals surface area contributed by atoms with Crippen molar-refractivity contribution in [1.82, 2.24) is 0 Å². The van der Waals surface area contributed by atoms with Gasteiger partial charge in [0.2, 0.25) is 0 Å². The molecule has 0 aliphatic heterocycles. The van der Waals surface area contributed by atoms with Crippen LogP contribution < -0.4 is 0 Å². The molecular weight excluding hydrogens is 180 g/mol. The highest BCUT2D eigenvalue weighted by Crippen LogP contribution is 2.26. The van der Waals surface area contributed by atoms with Gasteiger partial charge >= 0.3 is 0 Å². The van der Waals surface area contributed by atoms with Gasteiger partial charge in [-0.05, 0) is 16.3 Å². The summed E-state index contributed by atoms with van der Waals surface area (Å²) in [5.74, 6) is 0.232. The van der Waals surface area contributed by atoms with Gasteiger partial charge in [0.15, 0.2) is 0 Å². The first-order valence-electron chi connectivity index (χ1n) is 5.09. The van der Waals surface area contributed by atoms with E-state index in [2.05, 4.69) is 55.6 Å². The molecule has 0 radical (unpaired) electrons. The average Bonchev–Trinajstić information content (AvgIpc) is 2.31. The van der Waals surface area contributed by atoms with Crippen LogP contribution >= 0.6 is 0 Å². The summed E-state index contributed by atoms with van der Waals surface area (Å²) in [7, 11) is 0. The van der Waals surface area contributed by atoms with Crippen LogP contribution in [0.1, 0.15) is 11.5 Å². The molecule has 0 saturated carbocycles. The van der Waals surface area contributed by atoms with Crippen molar-refractivity contribution in [1.29, 1.82) is 0 Å². The van der Waals surface area contributed by atoms with Gasteiger partial charge in [-0.1, -0.05) is 54.6 Å². The molecule has 0 fully saturated rings. The van der Waals surface area contributed by atoms with Gasteiger partial charge in [-0.3, -0.25) is 0 Å². The lowest BCUT2D eigenvalue weighted by Crippen LogP contribution is -1.91. The van der Waals surface area contributed by atoms with E-state index in [0.29, 0.717) is 0 Å². The Labute approximate surface area is 90.6 Å². The van der Waals surface area contributed by atoms with Crippen molar-refractivity contribution in [2.75, 3.05) is 0 Å². The van der Waals surface area contributed by atoms with Gasteiger partial charge in [0.1, 0.15) is 0 Å². The predicted molar refractivity (Wildman–Crippen MR) is 67.1 cm³/mol. The van der Waals surface area contributed by atoms with Crippen molar-refractivity contribution < 1.29 is 0 Å². The molecule has 2 rings (SSSR count). The van der Waals surface area contributed by atoms with Gasteiger partial charge in [-0.2, -0.15) is 0 Å². The minimum absolute atomic E-state index is 0.232. The van der Waals surface area contributed by atoms with Gasteiger partial charge < -0.3 is 0 Å². The molecule has 0 N–H and O–H groups in total. The monoisotopic (exact) mass is 194 g/mol. The maximum Gasteiger partial charge on any atom is 0.0199 e. The molecule has 0 aliphatic carbocycles. The zero-order valence-corrected chi connectivity index (χ0v) is 8.69. The van der Waals surface area contributed by atoms with Crippen molar-refractivity contribution in [2.24, 2.45) is 0 Å². The molecule has 0 spiro atoms. The third-order valence-electron chi connectivity index (χ3n) is 2.69. The van der Waals surface area contributed by atoms with Crippen molar-refractivity contribution in [2.45, 2.75) is 5.92 Å². The highest BCUT2D eigenvalue weighted by Gasteiger charge is 2.06. The Hall–Kier alpha value is -1.82. The maximum absolute atomic E-state index is 3.84. The zero-order valence-electron chi connectivity index (χ0n) is 8.69. The van der Waals surface area contributed by atoms with Crippen molar-refractivity contribution >= 4 is 10.8 Å². The molecule has 0 amide bonds. The molecule has 0 nitrogen and oxygen atoms in total. The SMILES string of the molecule is C=CC(C=C)c1cccc2ccccc12. The van der Waals surface area contributed by atoms with Crippen LogP contribution in [0, 0.1) is 0 Å². The fourth-order valence-corrected chi connectivity index (χ4v) is 1.89. The second kappa shape index (κ2) is 4.14. The molecule has 0 aliphatic rings. The van der Waals surface area contributed by atoms with Crippen LogP contribution in [0.25, 0.3) is 10.8 Å². The van der Waals surface area contributed by atoms with E-state index < -0.39 is 0 Å². The van der Waals surface area contributed by atoms with Crippen LogP contribution in [0.15, 0.2) is 67.8 Å². The Balaban J connectivity index is 2.69. The molecule has 0 unspecified atom stereocenters. The van der Waals surface area contributed by atoms with E-state index in [1.165, 1.54) is 16.3 Å². The summed E-state index contributed by atoms with van der Waals surface area (Å²) in [6.07, 6.45) is 3.85. The molecule has 0 saturated heterocycles. The van der Waals surface area contributed by atoms with Crippen LogP contribution in [-0.4, -0.2) is 0 Å². The molecule has 0 bridgehead atoms. The largest absolute Gasteiger partial charge is 0.102 e. The lowest BCUT2D eigenvalue weighted by molar-refractivity contribution is 1.11. The summed E-state index contributed by atoms with van der Waals surface area (Å²) in [6.45, 7) is 7.69. The number of hydrogen-bond acceptors (Lipinski definition) is 0.